The first-order chi connectivity index (χ1) is 10.5. The van der Waals surface area contributed by atoms with Crippen LogP contribution in [0.15, 0.2) is 53.0 Å². The first-order valence-electron chi connectivity index (χ1n) is 6.67. The summed E-state index contributed by atoms with van der Waals surface area (Å²) in [6.45, 7) is 1.84. The molecule has 0 aromatic heterocycles. The van der Waals surface area contributed by atoms with Gasteiger partial charge in [0.25, 0.3) is 6.43 Å². The molecule has 2 aromatic rings. The fourth-order valence-electron chi connectivity index (χ4n) is 1.98. The van der Waals surface area contributed by atoms with E-state index in [-0.39, 0.29) is 11.6 Å². The van der Waals surface area contributed by atoms with Crippen molar-refractivity contribution >= 4 is 27.6 Å². The Morgan fingerprint density at radius 1 is 1.09 bits per heavy atom. The van der Waals surface area contributed by atoms with Gasteiger partial charge in [-0.05, 0) is 36.8 Å². The molecular weight excluding hydrogens is 354 g/mol. The minimum absolute atomic E-state index is 0.127. The zero-order valence-corrected chi connectivity index (χ0v) is 13.4. The van der Waals surface area contributed by atoms with Crippen molar-refractivity contribution in [2.24, 2.45) is 0 Å². The van der Waals surface area contributed by atoms with Crippen molar-refractivity contribution in [2.75, 3.05) is 5.32 Å². The van der Waals surface area contributed by atoms with Gasteiger partial charge in [0.2, 0.25) is 0 Å². The van der Waals surface area contributed by atoms with Gasteiger partial charge in [0.15, 0.2) is 0 Å². The highest BCUT2D eigenvalue weighted by atomic mass is 79.9. The molecule has 1 unspecified atom stereocenters. The Kier molecular flexibility index (Phi) is 5.49. The highest BCUT2D eigenvalue weighted by Crippen LogP contribution is 2.22. The van der Waals surface area contributed by atoms with Gasteiger partial charge in [-0.2, -0.15) is 0 Å². The van der Waals surface area contributed by atoms with Crippen molar-refractivity contribution in [3.8, 4) is 0 Å². The van der Waals surface area contributed by atoms with Gasteiger partial charge in [-0.15, -0.1) is 0 Å². The fraction of sp³-hybridized carbons (Fsp3) is 0.188. The van der Waals surface area contributed by atoms with Gasteiger partial charge >= 0.3 is 6.03 Å². The van der Waals surface area contributed by atoms with Gasteiger partial charge in [0.1, 0.15) is 0 Å². The summed E-state index contributed by atoms with van der Waals surface area (Å²) in [7, 11) is 0. The molecule has 0 heterocycles. The van der Waals surface area contributed by atoms with Crippen molar-refractivity contribution in [2.45, 2.75) is 19.4 Å². The minimum atomic E-state index is -2.56. The number of hydrogen-bond donors (Lipinski definition) is 2. The summed E-state index contributed by atoms with van der Waals surface area (Å²) in [5.41, 5.74) is 1.14. The molecule has 6 heteroatoms. The molecule has 0 saturated heterocycles. The molecule has 3 nitrogen and oxygen atoms in total. The number of rotatable bonds is 4. The lowest BCUT2D eigenvalue weighted by Crippen LogP contribution is -2.31. The third-order valence-corrected chi connectivity index (χ3v) is 3.59. The lowest BCUT2D eigenvalue weighted by Gasteiger charge is -2.15. The van der Waals surface area contributed by atoms with E-state index in [0.717, 1.165) is 10.0 Å². The quantitative estimate of drug-likeness (QED) is 0.758. The maximum Gasteiger partial charge on any atom is 0.319 e. The standard InChI is InChI=1S/C16H15BrF2N2O/c1-10(11-4-2-6-13(17)8-11)20-16(22)21-14-7-3-5-12(9-14)15(18)19/h2-10,15H,1H3,(H2,20,21,22). The van der Waals surface area contributed by atoms with Crippen LogP contribution in [0.25, 0.3) is 0 Å². The molecule has 0 bridgehead atoms. The Morgan fingerprint density at radius 2 is 1.77 bits per heavy atom. The summed E-state index contributed by atoms with van der Waals surface area (Å²) in [5.74, 6) is 0. The highest BCUT2D eigenvalue weighted by Gasteiger charge is 2.11. The molecule has 0 fully saturated rings. The van der Waals surface area contributed by atoms with Gasteiger partial charge in [-0.25, -0.2) is 13.6 Å². The van der Waals surface area contributed by atoms with Crippen LogP contribution in [-0.2, 0) is 0 Å². The Morgan fingerprint density at radius 3 is 2.45 bits per heavy atom. The number of urea groups is 1. The van der Waals surface area contributed by atoms with Crippen LogP contribution < -0.4 is 10.6 Å². The summed E-state index contributed by atoms with van der Waals surface area (Å²) in [6, 6.07) is 12.5. The van der Waals surface area contributed by atoms with Crippen LogP contribution in [0.2, 0.25) is 0 Å². The van der Waals surface area contributed by atoms with Crippen LogP contribution in [0.1, 0.15) is 30.5 Å². The Hall–Kier alpha value is -1.95. The van der Waals surface area contributed by atoms with Crippen LogP contribution in [-0.4, -0.2) is 6.03 Å². The van der Waals surface area contributed by atoms with Crippen molar-refractivity contribution in [1.82, 2.24) is 5.32 Å². The normalized spacial score (nSPS) is 12.0. The SMILES string of the molecule is CC(NC(=O)Nc1cccc(C(F)F)c1)c1cccc(Br)c1. The second-order valence-electron chi connectivity index (χ2n) is 4.80. The van der Waals surface area contributed by atoms with E-state index in [4.69, 9.17) is 0 Å². The molecule has 22 heavy (non-hydrogen) atoms. The van der Waals surface area contributed by atoms with E-state index in [1.54, 1.807) is 6.07 Å². The van der Waals surface area contributed by atoms with E-state index < -0.39 is 12.5 Å². The topological polar surface area (TPSA) is 41.1 Å². The van der Waals surface area contributed by atoms with Crippen LogP contribution in [0, 0.1) is 0 Å². The van der Waals surface area contributed by atoms with E-state index in [9.17, 15) is 13.6 Å². The number of amides is 2. The van der Waals surface area contributed by atoms with E-state index in [1.165, 1.54) is 18.2 Å². The lowest BCUT2D eigenvalue weighted by molar-refractivity contribution is 0.151. The second kappa shape index (κ2) is 7.35. The molecular formula is C16H15BrF2N2O. The predicted molar refractivity (Wildman–Crippen MR) is 86.1 cm³/mol. The number of carbonyl (C=O) groups excluding carboxylic acids is 1. The monoisotopic (exact) mass is 368 g/mol. The maximum absolute atomic E-state index is 12.6. The summed E-state index contributed by atoms with van der Waals surface area (Å²) < 4.78 is 26.2. The number of nitrogens with one attached hydrogen (secondary N) is 2. The Balaban J connectivity index is 1.99. The Labute approximate surface area is 135 Å². The highest BCUT2D eigenvalue weighted by molar-refractivity contribution is 9.10. The van der Waals surface area contributed by atoms with Gasteiger partial charge < -0.3 is 10.6 Å². The number of halogens is 3. The first-order valence-corrected chi connectivity index (χ1v) is 7.46. The molecule has 0 aliphatic carbocycles. The first kappa shape index (κ1) is 16.4. The molecule has 2 rings (SSSR count). The lowest BCUT2D eigenvalue weighted by atomic mass is 10.1. The molecule has 116 valence electrons. The third-order valence-electron chi connectivity index (χ3n) is 3.09. The molecule has 0 spiro atoms. The van der Waals surface area contributed by atoms with Gasteiger partial charge in [0.05, 0.1) is 6.04 Å². The summed E-state index contributed by atoms with van der Waals surface area (Å²) in [6.07, 6.45) is -2.56. The Bertz CT molecular complexity index is 664. The second-order valence-corrected chi connectivity index (χ2v) is 5.72. The van der Waals surface area contributed by atoms with Gasteiger partial charge in [-0.1, -0.05) is 40.2 Å². The predicted octanol–water partition coefficient (Wildman–Crippen LogP) is 5.27. The molecule has 2 N–H and O–H groups in total. The zero-order chi connectivity index (χ0) is 16.1. The number of benzene rings is 2. The summed E-state index contributed by atoms with van der Waals surface area (Å²) >= 11 is 3.37. The van der Waals surface area contributed by atoms with Crippen molar-refractivity contribution in [3.05, 3.63) is 64.1 Å². The van der Waals surface area contributed by atoms with Crippen molar-refractivity contribution in [1.29, 1.82) is 0 Å². The number of hydrogen-bond acceptors (Lipinski definition) is 1. The third kappa shape index (κ3) is 4.53. The summed E-state index contributed by atoms with van der Waals surface area (Å²) in [4.78, 5) is 11.9. The van der Waals surface area contributed by atoms with Crippen LogP contribution in [0.5, 0.6) is 0 Å². The maximum atomic E-state index is 12.6. The van der Waals surface area contributed by atoms with Gasteiger partial charge in [-0.3, -0.25) is 0 Å². The van der Waals surface area contributed by atoms with Crippen molar-refractivity contribution in [3.63, 3.8) is 0 Å². The average molecular weight is 369 g/mol. The van der Waals surface area contributed by atoms with E-state index in [2.05, 4.69) is 26.6 Å². The van der Waals surface area contributed by atoms with Gasteiger partial charge in [0, 0.05) is 15.7 Å². The fourth-order valence-corrected chi connectivity index (χ4v) is 2.39. The number of carbonyl (C=O) groups is 1. The molecule has 0 aliphatic rings. The molecule has 0 saturated carbocycles. The van der Waals surface area contributed by atoms with E-state index in [1.807, 2.05) is 31.2 Å². The molecule has 0 radical (unpaired) electrons. The average Bonchev–Trinajstić information content (AvgIpc) is 2.47. The summed E-state index contributed by atoms with van der Waals surface area (Å²) in [5, 5.41) is 5.32. The van der Waals surface area contributed by atoms with Crippen LogP contribution in [0.3, 0.4) is 0 Å². The molecule has 2 aromatic carbocycles. The van der Waals surface area contributed by atoms with Crippen molar-refractivity contribution < 1.29 is 13.6 Å². The molecule has 2 amide bonds. The van der Waals surface area contributed by atoms with E-state index in [0.29, 0.717) is 5.69 Å². The van der Waals surface area contributed by atoms with E-state index >= 15 is 0 Å². The van der Waals surface area contributed by atoms with Crippen LogP contribution in [0.4, 0.5) is 19.3 Å². The number of anilines is 1. The largest absolute Gasteiger partial charge is 0.331 e. The number of alkyl halides is 2. The smallest absolute Gasteiger partial charge is 0.319 e. The minimum Gasteiger partial charge on any atom is -0.331 e. The van der Waals surface area contributed by atoms with Crippen LogP contribution >= 0.6 is 15.9 Å². The molecule has 1 atom stereocenters. The zero-order valence-electron chi connectivity index (χ0n) is 11.8. The molecule has 0 aliphatic heterocycles.